The van der Waals surface area contributed by atoms with Gasteiger partial charge in [-0.1, -0.05) is 46.9 Å². The topological polar surface area (TPSA) is 95.1 Å². The van der Waals surface area contributed by atoms with E-state index in [0.29, 0.717) is 27.5 Å². The van der Waals surface area contributed by atoms with Crippen LogP contribution in [0, 0.1) is 13.8 Å². The number of carbonyl (C=O) groups excluding carboxylic acids is 1. The molecule has 144 valence electrons. The first-order valence-electron chi connectivity index (χ1n) is 8.04. The number of carboxylic acids is 1. The number of hydrogen-bond donors (Lipinski definition) is 3. The third-order valence-corrected chi connectivity index (χ3v) is 5.47. The molecule has 0 fully saturated rings. The van der Waals surface area contributed by atoms with Gasteiger partial charge in [0.2, 0.25) is 0 Å². The Morgan fingerprint density at radius 3 is 2.25 bits per heavy atom. The summed E-state index contributed by atoms with van der Waals surface area (Å²) >= 11 is 17.9. The summed E-state index contributed by atoms with van der Waals surface area (Å²) in [5.74, 6) is -1.57. The number of aromatic nitrogens is 2. The molecule has 1 amide bonds. The van der Waals surface area contributed by atoms with Crippen molar-refractivity contribution >= 4 is 52.4 Å². The quantitative estimate of drug-likeness (QED) is 0.462. The summed E-state index contributed by atoms with van der Waals surface area (Å²) in [5, 5.41) is 12.5. The number of hydrogen-bond acceptors (Lipinski definition) is 3. The third-order valence-electron chi connectivity index (χ3n) is 4.24. The highest BCUT2D eigenvalue weighted by Crippen LogP contribution is 2.31. The Kier molecular flexibility index (Phi) is 5.65. The fraction of sp³-hybridized carbons (Fsp3) is 0.105. The van der Waals surface area contributed by atoms with E-state index in [1.807, 2.05) is 0 Å². The molecule has 0 aliphatic carbocycles. The smallest absolute Gasteiger partial charge is 0.339 e. The summed E-state index contributed by atoms with van der Waals surface area (Å²) in [6, 6.07) is 6.86. The monoisotopic (exact) mass is 437 g/mol. The van der Waals surface area contributed by atoms with Gasteiger partial charge >= 0.3 is 5.97 Å². The molecule has 6 nitrogen and oxygen atoms in total. The molecule has 0 bridgehead atoms. The lowest BCUT2D eigenvalue weighted by Crippen LogP contribution is -2.12. The van der Waals surface area contributed by atoms with Gasteiger partial charge in [0.05, 0.1) is 10.0 Å². The van der Waals surface area contributed by atoms with Crippen LogP contribution in [0.15, 0.2) is 30.5 Å². The van der Waals surface area contributed by atoms with E-state index in [9.17, 15) is 14.7 Å². The molecule has 9 heteroatoms. The molecule has 28 heavy (non-hydrogen) atoms. The van der Waals surface area contributed by atoms with Gasteiger partial charge in [0.25, 0.3) is 5.91 Å². The minimum Gasteiger partial charge on any atom is -0.478 e. The molecule has 0 saturated heterocycles. The SMILES string of the molecule is Cc1[nH]c(C(=O)Nc2ccc(-c3cnc(Cl)c(C(=O)O)c3C)cc2)c(Cl)c1Cl. The van der Waals surface area contributed by atoms with E-state index in [0.717, 1.165) is 5.56 Å². The van der Waals surface area contributed by atoms with Gasteiger partial charge in [-0.2, -0.15) is 0 Å². The number of anilines is 1. The first-order chi connectivity index (χ1) is 13.2. The van der Waals surface area contributed by atoms with Crippen molar-refractivity contribution in [1.29, 1.82) is 0 Å². The maximum Gasteiger partial charge on any atom is 0.339 e. The van der Waals surface area contributed by atoms with Crippen molar-refractivity contribution in [3.05, 3.63) is 68.2 Å². The Morgan fingerprint density at radius 1 is 1.07 bits per heavy atom. The number of H-pyrrole nitrogens is 1. The summed E-state index contributed by atoms with van der Waals surface area (Å²) in [6.45, 7) is 3.38. The van der Waals surface area contributed by atoms with Gasteiger partial charge in [0.1, 0.15) is 16.4 Å². The second-order valence-electron chi connectivity index (χ2n) is 6.05. The average Bonchev–Trinajstić information content (AvgIpc) is 2.90. The molecule has 2 aromatic heterocycles. The van der Waals surface area contributed by atoms with E-state index in [-0.39, 0.29) is 21.4 Å². The molecule has 3 N–H and O–H groups in total. The molecule has 0 unspecified atom stereocenters. The molecule has 1 aromatic carbocycles. The number of benzene rings is 1. The minimum absolute atomic E-state index is 0.0369. The summed E-state index contributed by atoms with van der Waals surface area (Å²) in [7, 11) is 0. The summed E-state index contributed by atoms with van der Waals surface area (Å²) < 4.78 is 0. The molecule has 2 heterocycles. The van der Waals surface area contributed by atoms with Gasteiger partial charge in [0.15, 0.2) is 0 Å². The zero-order valence-electron chi connectivity index (χ0n) is 14.7. The van der Waals surface area contributed by atoms with Gasteiger partial charge in [-0.3, -0.25) is 4.79 Å². The van der Waals surface area contributed by atoms with Gasteiger partial charge in [0, 0.05) is 23.1 Å². The highest BCUT2D eigenvalue weighted by Gasteiger charge is 2.19. The maximum absolute atomic E-state index is 12.4. The third kappa shape index (κ3) is 3.71. The lowest BCUT2D eigenvalue weighted by molar-refractivity contribution is 0.0695. The van der Waals surface area contributed by atoms with Crippen molar-refractivity contribution in [2.24, 2.45) is 0 Å². The van der Waals surface area contributed by atoms with Crippen LogP contribution < -0.4 is 5.32 Å². The fourth-order valence-corrected chi connectivity index (χ4v) is 3.45. The number of aromatic amines is 1. The van der Waals surface area contributed by atoms with Gasteiger partial charge in [-0.15, -0.1) is 0 Å². The molecule has 3 aromatic rings. The number of nitrogens with one attached hydrogen (secondary N) is 2. The number of rotatable bonds is 4. The van der Waals surface area contributed by atoms with Crippen molar-refractivity contribution in [1.82, 2.24) is 9.97 Å². The van der Waals surface area contributed by atoms with Crippen molar-refractivity contribution in [2.75, 3.05) is 5.32 Å². The van der Waals surface area contributed by atoms with E-state index >= 15 is 0 Å². The highest BCUT2D eigenvalue weighted by atomic mass is 35.5. The van der Waals surface area contributed by atoms with E-state index in [4.69, 9.17) is 34.8 Å². The summed E-state index contributed by atoms with van der Waals surface area (Å²) in [5.41, 5.74) is 3.15. The standard InChI is InChI=1S/C19H14Cl3N3O3/c1-8-12(7-23-17(22)13(8)19(27)28)10-3-5-11(6-4-10)25-18(26)16-15(21)14(20)9(2)24-16/h3-7,24H,1-2H3,(H,25,26)(H,27,28). The second-order valence-corrected chi connectivity index (χ2v) is 7.17. The molecule has 0 aliphatic heterocycles. The summed E-state index contributed by atoms with van der Waals surface area (Å²) in [6.07, 6.45) is 1.52. The number of halogens is 3. The number of carboxylic acid groups (broad SMARTS) is 1. The first-order valence-corrected chi connectivity index (χ1v) is 9.17. The Labute approximate surface area is 175 Å². The fourth-order valence-electron chi connectivity index (χ4n) is 2.77. The largest absolute Gasteiger partial charge is 0.478 e. The molecule has 0 radical (unpaired) electrons. The van der Waals surface area contributed by atoms with Gasteiger partial charge < -0.3 is 15.4 Å². The Morgan fingerprint density at radius 2 is 1.71 bits per heavy atom. The van der Waals surface area contributed by atoms with Crippen molar-refractivity contribution in [3.8, 4) is 11.1 Å². The van der Waals surface area contributed by atoms with Crippen LogP contribution in [0.1, 0.15) is 32.1 Å². The predicted octanol–water partition coefficient (Wildman–Crippen LogP) is 5.60. The molecule has 0 spiro atoms. The lowest BCUT2D eigenvalue weighted by atomic mass is 9.99. The van der Waals surface area contributed by atoms with Crippen molar-refractivity contribution in [2.45, 2.75) is 13.8 Å². The van der Waals surface area contributed by atoms with Crippen molar-refractivity contribution in [3.63, 3.8) is 0 Å². The van der Waals surface area contributed by atoms with E-state index in [2.05, 4.69) is 15.3 Å². The number of carbonyl (C=O) groups is 2. The van der Waals surface area contributed by atoms with Crippen LogP contribution >= 0.6 is 34.8 Å². The Bertz CT molecular complexity index is 1090. The van der Waals surface area contributed by atoms with E-state index in [1.54, 1.807) is 38.1 Å². The van der Waals surface area contributed by atoms with E-state index in [1.165, 1.54) is 6.20 Å². The highest BCUT2D eigenvalue weighted by molar-refractivity contribution is 6.44. The number of aromatic carboxylic acids is 1. The molecular formula is C19H14Cl3N3O3. The number of amides is 1. The first kappa shape index (κ1) is 20.2. The van der Waals surface area contributed by atoms with Gasteiger partial charge in [-0.05, 0) is 37.1 Å². The van der Waals surface area contributed by atoms with Crippen LogP contribution in [0.4, 0.5) is 5.69 Å². The maximum atomic E-state index is 12.4. The van der Waals surface area contributed by atoms with Crippen LogP contribution in [0.5, 0.6) is 0 Å². The molecule has 0 saturated carbocycles. The van der Waals surface area contributed by atoms with Crippen LogP contribution in [-0.4, -0.2) is 27.0 Å². The molecular weight excluding hydrogens is 425 g/mol. The Balaban J connectivity index is 1.86. The van der Waals surface area contributed by atoms with E-state index < -0.39 is 11.9 Å². The van der Waals surface area contributed by atoms with Gasteiger partial charge in [-0.25, -0.2) is 9.78 Å². The number of nitrogens with zero attached hydrogens (tertiary/aromatic N) is 1. The lowest BCUT2D eigenvalue weighted by Gasteiger charge is -2.11. The van der Waals surface area contributed by atoms with Crippen LogP contribution in [0.3, 0.4) is 0 Å². The van der Waals surface area contributed by atoms with Crippen LogP contribution in [-0.2, 0) is 0 Å². The summed E-state index contributed by atoms with van der Waals surface area (Å²) in [4.78, 5) is 30.6. The Hall–Kier alpha value is -2.54. The second kappa shape index (κ2) is 7.83. The zero-order chi connectivity index (χ0) is 20.6. The molecule has 3 rings (SSSR count). The zero-order valence-corrected chi connectivity index (χ0v) is 17.0. The van der Waals surface area contributed by atoms with Crippen LogP contribution in [0.2, 0.25) is 15.2 Å². The predicted molar refractivity (Wildman–Crippen MR) is 110 cm³/mol. The molecule has 0 aliphatic rings. The van der Waals surface area contributed by atoms with Crippen LogP contribution in [0.25, 0.3) is 11.1 Å². The minimum atomic E-state index is -1.14. The number of aryl methyl sites for hydroxylation is 1. The van der Waals surface area contributed by atoms with Crippen molar-refractivity contribution < 1.29 is 14.7 Å². The molecule has 0 atom stereocenters. The number of pyridine rings is 1. The normalized spacial score (nSPS) is 10.8. The average molecular weight is 439 g/mol.